The topological polar surface area (TPSA) is 96.6 Å². The van der Waals surface area contributed by atoms with Crippen LogP contribution in [0, 0.1) is 5.92 Å². The van der Waals surface area contributed by atoms with E-state index in [1.165, 1.54) is 38.5 Å². The first kappa shape index (κ1) is 16.8. The number of aromatic nitrogens is 5. The van der Waals surface area contributed by atoms with Crippen molar-refractivity contribution in [2.75, 3.05) is 0 Å². The van der Waals surface area contributed by atoms with E-state index in [4.69, 9.17) is 4.74 Å². The number of hydrogen-bond acceptors (Lipinski definition) is 5. The maximum Gasteiger partial charge on any atom is 0.304 e. The summed E-state index contributed by atoms with van der Waals surface area (Å²) in [6, 6.07) is 3.62. The van der Waals surface area contributed by atoms with Crippen molar-refractivity contribution in [3.8, 4) is 11.8 Å². The molecule has 0 aliphatic heterocycles. The minimum Gasteiger partial charge on any atom is -0.424 e. The second-order valence-corrected chi connectivity index (χ2v) is 6.94. The third-order valence-electron chi connectivity index (χ3n) is 4.99. The zero-order valence-corrected chi connectivity index (χ0v) is 14.7. The highest BCUT2D eigenvalue weighted by Gasteiger charge is 2.14. The SMILES string of the molecule is O=c1[nH]c(Oc2cccnc2)nc2nc(CCCC3CCCCC3)[nH]c12. The van der Waals surface area contributed by atoms with Gasteiger partial charge >= 0.3 is 6.01 Å². The molecule has 0 radical (unpaired) electrons. The maximum atomic E-state index is 12.3. The van der Waals surface area contributed by atoms with Crippen molar-refractivity contribution < 1.29 is 4.74 Å². The van der Waals surface area contributed by atoms with E-state index in [0.29, 0.717) is 16.9 Å². The first-order valence-electron chi connectivity index (χ1n) is 9.35. The van der Waals surface area contributed by atoms with Crippen molar-refractivity contribution >= 4 is 11.2 Å². The Morgan fingerprint density at radius 3 is 2.85 bits per heavy atom. The van der Waals surface area contributed by atoms with Crippen LogP contribution in [-0.4, -0.2) is 24.9 Å². The summed E-state index contributed by atoms with van der Waals surface area (Å²) >= 11 is 0. The smallest absolute Gasteiger partial charge is 0.304 e. The lowest BCUT2D eigenvalue weighted by atomic mass is 9.86. The van der Waals surface area contributed by atoms with Crippen molar-refractivity contribution in [3.63, 3.8) is 0 Å². The van der Waals surface area contributed by atoms with Crippen molar-refractivity contribution in [1.29, 1.82) is 0 Å². The lowest BCUT2D eigenvalue weighted by molar-refractivity contribution is 0.332. The average Bonchev–Trinajstić information content (AvgIpc) is 3.07. The van der Waals surface area contributed by atoms with E-state index in [2.05, 4.69) is 24.9 Å². The van der Waals surface area contributed by atoms with Gasteiger partial charge in [-0.3, -0.25) is 14.8 Å². The summed E-state index contributed by atoms with van der Waals surface area (Å²) in [7, 11) is 0. The number of ether oxygens (including phenoxy) is 1. The lowest BCUT2D eigenvalue weighted by Gasteiger charge is -2.20. The fourth-order valence-electron chi connectivity index (χ4n) is 3.65. The number of rotatable bonds is 6. The minimum atomic E-state index is -0.278. The molecule has 7 heteroatoms. The Kier molecular flexibility index (Phi) is 4.95. The van der Waals surface area contributed by atoms with Gasteiger partial charge in [-0.1, -0.05) is 38.5 Å². The minimum absolute atomic E-state index is 0.121. The van der Waals surface area contributed by atoms with Gasteiger partial charge in [-0.15, -0.1) is 0 Å². The van der Waals surface area contributed by atoms with Crippen LogP contribution in [0.1, 0.15) is 50.8 Å². The van der Waals surface area contributed by atoms with Crippen LogP contribution in [0.2, 0.25) is 0 Å². The molecule has 3 aromatic rings. The van der Waals surface area contributed by atoms with E-state index >= 15 is 0 Å². The molecule has 1 aliphatic rings. The van der Waals surface area contributed by atoms with E-state index in [1.807, 2.05) is 0 Å². The highest BCUT2D eigenvalue weighted by atomic mass is 16.5. The summed E-state index contributed by atoms with van der Waals surface area (Å²) in [4.78, 5) is 30.8. The van der Waals surface area contributed by atoms with Gasteiger partial charge in [0.25, 0.3) is 5.56 Å². The number of nitrogens with zero attached hydrogens (tertiary/aromatic N) is 3. The number of nitrogens with one attached hydrogen (secondary N) is 2. The first-order valence-corrected chi connectivity index (χ1v) is 9.35. The number of aryl methyl sites for hydroxylation is 1. The highest BCUT2D eigenvalue weighted by molar-refractivity contribution is 5.69. The number of H-pyrrole nitrogens is 2. The summed E-state index contributed by atoms with van der Waals surface area (Å²) in [6.07, 6.45) is 13.2. The molecule has 3 aromatic heterocycles. The normalized spacial score (nSPS) is 15.4. The quantitative estimate of drug-likeness (QED) is 0.704. The molecule has 136 valence electrons. The molecule has 0 spiro atoms. The van der Waals surface area contributed by atoms with Crippen LogP contribution >= 0.6 is 0 Å². The van der Waals surface area contributed by atoms with Crippen LogP contribution in [0.25, 0.3) is 11.2 Å². The second-order valence-electron chi connectivity index (χ2n) is 6.94. The van der Waals surface area contributed by atoms with Crippen LogP contribution < -0.4 is 10.3 Å². The Morgan fingerprint density at radius 1 is 1.15 bits per heavy atom. The molecular formula is C19H23N5O2. The van der Waals surface area contributed by atoms with Crippen molar-refractivity contribution in [3.05, 3.63) is 40.7 Å². The van der Waals surface area contributed by atoms with E-state index in [0.717, 1.165) is 24.6 Å². The second kappa shape index (κ2) is 7.68. The van der Waals surface area contributed by atoms with Gasteiger partial charge < -0.3 is 9.72 Å². The summed E-state index contributed by atoms with van der Waals surface area (Å²) < 4.78 is 5.55. The third-order valence-corrected chi connectivity index (χ3v) is 4.99. The van der Waals surface area contributed by atoms with Crippen LogP contribution in [0.3, 0.4) is 0 Å². The fourth-order valence-corrected chi connectivity index (χ4v) is 3.65. The molecule has 1 saturated carbocycles. The van der Waals surface area contributed by atoms with Crippen LogP contribution in [-0.2, 0) is 6.42 Å². The molecule has 0 atom stereocenters. The zero-order chi connectivity index (χ0) is 17.8. The molecular weight excluding hydrogens is 330 g/mol. The molecule has 0 bridgehead atoms. The van der Waals surface area contributed by atoms with Gasteiger partial charge in [0.1, 0.15) is 11.6 Å². The number of fused-ring (bicyclic) bond motifs is 1. The van der Waals surface area contributed by atoms with Gasteiger partial charge in [-0.25, -0.2) is 4.98 Å². The Balaban J connectivity index is 1.44. The van der Waals surface area contributed by atoms with Gasteiger partial charge in [0.2, 0.25) is 0 Å². The molecule has 0 aromatic carbocycles. The summed E-state index contributed by atoms with van der Waals surface area (Å²) in [5, 5.41) is 0. The molecule has 26 heavy (non-hydrogen) atoms. The Morgan fingerprint density at radius 2 is 2.04 bits per heavy atom. The van der Waals surface area contributed by atoms with E-state index in [-0.39, 0.29) is 11.6 Å². The molecule has 1 fully saturated rings. The largest absolute Gasteiger partial charge is 0.424 e. The van der Waals surface area contributed by atoms with Crippen molar-refractivity contribution in [2.45, 2.75) is 51.4 Å². The van der Waals surface area contributed by atoms with Crippen molar-refractivity contribution in [1.82, 2.24) is 24.9 Å². The molecule has 0 amide bonds. The molecule has 4 rings (SSSR count). The monoisotopic (exact) mass is 353 g/mol. The molecule has 1 aliphatic carbocycles. The highest BCUT2D eigenvalue weighted by Crippen LogP contribution is 2.27. The Labute approximate surface area is 151 Å². The first-order chi connectivity index (χ1) is 12.8. The van der Waals surface area contributed by atoms with Gasteiger partial charge in [0.05, 0.1) is 6.20 Å². The molecule has 3 heterocycles. The van der Waals surface area contributed by atoms with Gasteiger partial charge in [-0.05, 0) is 24.5 Å². The average molecular weight is 353 g/mol. The zero-order valence-electron chi connectivity index (χ0n) is 14.7. The predicted molar refractivity (Wildman–Crippen MR) is 98.3 cm³/mol. The summed E-state index contributed by atoms with van der Waals surface area (Å²) in [5.74, 6) is 2.18. The number of hydrogen-bond donors (Lipinski definition) is 2. The molecule has 0 unspecified atom stereocenters. The Bertz CT molecular complexity index is 913. The summed E-state index contributed by atoms with van der Waals surface area (Å²) in [6.45, 7) is 0. The number of pyridine rings is 1. The summed E-state index contributed by atoms with van der Waals surface area (Å²) in [5.41, 5.74) is 0.511. The maximum absolute atomic E-state index is 12.3. The van der Waals surface area contributed by atoms with Crippen LogP contribution in [0.15, 0.2) is 29.3 Å². The molecule has 7 nitrogen and oxygen atoms in total. The van der Waals surface area contributed by atoms with E-state index in [9.17, 15) is 4.79 Å². The van der Waals surface area contributed by atoms with Crippen LogP contribution in [0.5, 0.6) is 11.8 Å². The third kappa shape index (κ3) is 3.92. The van der Waals surface area contributed by atoms with Gasteiger partial charge in [0, 0.05) is 12.6 Å². The van der Waals surface area contributed by atoms with Gasteiger partial charge in [-0.2, -0.15) is 4.98 Å². The van der Waals surface area contributed by atoms with E-state index < -0.39 is 0 Å². The molecule has 0 saturated heterocycles. The lowest BCUT2D eigenvalue weighted by Crippen LogP contribution is -2.09. The predicted octanol–water partition coefficient (Wildman–Crippen LogP) is 3.74. The number of aromatic amines is 2. The molecule has 2 N–H and O–H groups in total. The Hall–Kier alpha value is -2.70. The number of imidazole rings is 1. The fraction of sp³-hybridized carbons (Fsp3) is 0.474. The van der Waals surface area contributed by atoms with Crippen molar-refractivity contribution in [2.24, 2.45) is 5.92 Å². The van der Waals surface area contributed by atoms with Crippen LogP contribution in [0.4, 0.5) is 0 Å². The van der Waals surface area contributed by atoms with E-state index in [1.54, 1.807) is 24.5 Å². The standard InChI is InChI=1S/C19H23N5O2/c25-18-16-17(23-19(24-18)26-14-9-5-11-20-12-14)22-15(21-16)10-4-8-13-6-2-1-3-7-13/h5,9,11-13H,1-4,6-8,10H2,(H2,21,22,23,24,25). The van der Waals surface area contributed by atoms with Gasteiger partial charge in [0.15, 0.2) is 11.2 Å².